The number of esters is 2. The second kappa shape index (κ2) is 11.3. The van der Waals surface area contributed by atoms with Crippen molar-refractivity contribution in [1.29, 1.82) is 0 Å². The van der Waals surface area contributed by atoms with Gasteiger partial charge in [-0.05, 0) is 0 Å². The maximum atomic E-state index is 11.4. The van der Waals surface area contributed by atoms with Gasteiger partial charge in [0, 0.05) is 0 Å². The topological polar surface area (TPSA) is 182 Å². The van der Waals surface area contributed by atoms with Gasteiger partial charge < -0.3 is 21.1 Å². The van der Waals surface area contributed by atoms with Crippen molar-refractivity contribution >= 4 is 34.0 Å². The number of carbonyl (C=O) groups is 4. The standard InChI is InChI=1S/C10H14O11S.Na.H/c11-7(12)1-3-20-9(15)5-6(22(17,18)19)10(16)21-4-2-8(13)14;;/h6H,1-5H2,(H,11,12)(H,13,14)(H,17,18,19);;/q;+1;-1. The van der Waals surface area contributed by atoms with Crippen molar-refractivity contribution in [3.63, 3.8) is 0 Å². The van der Waals surface area contributed by atoms with E-state index in [4.69, 9.17) is 14.8 Å². The zero-order valence-electron chi connectivity index (χ0n) is 13.1. The third-order valence-corrected chi connectivity index (χ3v) is 3.19. The Morgan fingerprint density at radius 2 is 1.39 bits per heavy atom. The summed E-state index contributed by atoms with van der Waals surface area (Å²) in [6.45, 7) is -1.19. The van der Waals surface area contributed by atoms with Crippen LogP contribution in [0.5, 0.6) is 0 Å². The molecule has 0 bridgehead atoms. The molecular weight excluding hydrogens is 351 g/mol. The first kappa shape index (κ1) is 24.0. The van der Waals surface area contributed by atoms with E-state index in [2.05, 4.69) is 9.47 Å². The molecule has 3 N–H and O–H groups in total. The maximum absolute atomic E-state index is 11.4. The van der Waals surface area contributed by atoms with Gasteiger partial charge in [0.05, 0.1) is 19.3 Å². The van der Waals surface area contributed by atoms with Gasteiger partial charge in [0.1, 0.15) is 13.2 Å². The van der Waals surface area contributed by atoms with Gasteiger partial charge in [0.15, 0.2) is 5.25 Å². The van der Waals surface area contributed by atoms with Crippen molar-refractivity contribution in [2.24, 2.45) is 0 Å². The molecule has 23 heavy (non-hydrogen) atoms. The van der Waals surface area contributed by atoms with Gasteiger partial charge in [-0.1, -0.05) is 0 Å². The number of aliphatic carboxylic acids is 2. The van der Waals surface area contributed by atoms with Crippen molar-refractivity contribution < 1.29 is 82.8 Å². The summed E-state index contributed by atoms with van der Waals surface area (Å²) in [6, 6.07) is 0. The average Bonchev–Trinajstić information content (AvgIpc) is 2.33. The Labute approximate surface area is 154 Å². The molecule has 11 nitrogen and oxygen atoms in total. The first-order chi connectivity index (χ1) is 10.0. The first-order valence-electron chi connectivity index (χ1n) is 5.76. The zero-order valence-corrected chi connectivity index (χ0v) is 14.9. The van der Waals surface area contributed by atoms with Crippen LogP contribution in [0.15, 0.2) is 0 Å². The fraction of sp³-hybridized carbons (Fsp3) is 0.600. The Hall–Kier alpha value is -1.21. The van der Waals surface area contributed by atoms with Crippen molar-refractivity contribution in [3.8, 4) is 0 Å². The molecule has 128 valence electrons. The molecule has 1 atom stereocenters. The largest absolute Gasteiger partial charge is 1.00 e. The summed E-state index contributed by atoms with van der Waals surface area (Å²) < 4.78 is 39.6. The minimum atomic E-state index is -4.99. The molecule has 0 spiro atoms. The molecule has 0 fully saturated rings. The second-order valence-electron chi connectivity index (χ2n) is 3.88. The van der Waals surface area contributed by atoms with Crippen molar-refractivity contribution in [3.05, 3.63) is 0 Å². The van der Waals surface area contributed by atoms with Gasteiger partial charge in [-0.3, -0.25) is 23.7 Å². The molecule has 13 heteroatoms. The van der Waals surface area contributed by atoms with E-state index >= 15 is 0 Å². The van der Waals surface area contributed by atoms with Crippen LogP contribution in [0.3, 0.4) is 0 Å². The Kier molecular flexibility index (Phi) is 11.9. The summed E-state index contributed by atoms with van der Waals surface area (Å²) in [7, 11) is -4.99. The smallest absolute Gasteiger partial charge is 1.00 e. The van der Waals surface area contributed by atoms with Crippen LogP contribution in [0.25, 0.3) is 0 Å². The van der Waals surface area contributed by atoms with Crippen LogP contribution >= 0.6 is 0 Å². The SMILES string of the molecule is O=C(O)CCOC(=O)CC(C(=O)OCCC(=O)O)S(=O)(=O)O.[H-].[Na+]. The van der Waals surface area contributed by atoms with Crippen LogP contribution in [-0.2, 0) is 38.8 Å². The zero-order chi connectivity index (χ0) is 17.3. The molecule has 0 aliphatic carbocycles. The van der Waals surface area contributed by atoms with Crippen LogP contribution in [0.2, 0.25) is 0 Å². The summed E-state index contributed by atoms with van der Waals surface area (Å²) in [4.78, 5) is 43.1. The average molecular weight is 366 g/mol. The van der Waals surface area contributed by atoms with E-state index in [1.807, 2.05) is 0 Å². The minimum absolute atomic E-state index is 0. The Morgan fingerprint density at radius 1 is 0.957 bits per heavy atom. The molecular formula is C10H15NaO11S. The van der Waals surface area contributed by atoms with Crippen LogP contribution in [0, 0.1) is 0 Å². The number of hydrogen-bond acceptors (Lipinski definition) is 8. The van der Waals surface area contributed by atoms with Crippen molar-refractivity contribution in [2.75, 3.05) is 13.2 Å². The monoisotopic (exact) mass is 366 g/mol. The summed E-state index contributed by atoms with van der Waals surface area (Å²) in [5, 5.41) is 14.4. The van der Waals surface area contributed by atoms with Crippen LogP contribution < -0.4 is 29.6 Å². The number of ether oxygens (including phenoxy) is 2. The fourth-order valence-electron chi connectivity index (χ4n) is 1.10. The van der Waals surface area contributed by atoms with E-state index in [9.17, 15) is 27.6 Å². The van der Waals surface area contributed by atoms with Crippen molar-refractivity contribution in [2.45, 2.75) is 24.5 Å². The molecule has 0 heterocycles. The molecule has 0 aromatic rings. The molecule has 0 amide bonds. The number of carboxylic acids is 2. The molecule has 0 radical (unpaired) electrons. The third kappa shape index (κ3) is 11.9. The van der Waals surface area contributed by atoms with Gasteiger partial charge in [0.25, 0.3) is 10.1 Å². The number of hydrogen-bond donors (Lipinski definition) is 3. The number of rotatable bonds is 10. The fourth-order valence-corrected chi connectivity index (χ4v) is 1.76. The molecule has 0 rings (SSSR count). The Bertz CT molecular complexity index is 547. The first-order valence-corrected chi connectivity index (χ1v) is 7.26. The molecule has 1 unspecified atom stereocenters. The summed E-state index contributed by atoms with van der Waals surface area (Å²) in [5.74, 6) is -5.31. The van der Waals surface area contributed by atoms with Crippen LogP contribution in [0.4, 0.5) is 0 Å². The van der Waals surface area contributed by atoms with E-state index in [-0.39, 0.29) is 31.0 Å². The minimum Gasteiger partial charge on any atom is -1.00 e. The van der Waals surface area contributed by atoms with Gasteiger partial charge in [-0.15, -0.1) is 0 Å². The van der Waals surface area contributed by atoms with E-state index in [0.717, 1.165) is 0 Å². The molecule has 0 aromatic heterocycles. The molecule has 0 aliphatic heterocycles. The second-order valence-corrected chi connectivity index (χ2v) is 5.48. The molecule has 0 aliphatic rings. The van der Waals surface area contributed by atoms with E-state index in [0.29, 0.717) is 0 Å². The van der Waals surface area contributed by atoms with E-state index in [1.165, 1.54) is 0 Å². The Morgan fingerprint density at radius 3 is 1.78 bits per heavy atom. The van der Waals surface area contributed by atoms with E-state index < -0.39 is 71.7 Å². The van der Waals surface area contributed by atoms with Gasteiger partial charge >= 0.3 is 53.4 Å². The van der Waals surface area contributed by atoms with Crippen LogP contribution in [0.1, 0.15) is 20.7 Å². The van der Waals surface area contributed by atoms with Gasteiger partial charge in [0.2, 0.25) is 0 Å². The summed E-state index contributed by atoms with van der Waals surface area (Å²) in [6.07, 6.45) is -2.21. The normalized spacial score (nSPS) is 11.7. The predicted molar refractivity (Wildman–Crippen MR) is 67.5 cm³/mol. The summed E-state index contributed by atoms with van der Waals surface area (Å²) >= 11 is 0. The maximum Gasteiger partial charge on any atom is 1.00 e. The van der Waals surface area contributed by atoms with Gasteiger partial charge in [-0.25, -0.2) is 0 Å². The van der Waals surface area contributed by atoms with Crippen molar-refractivity contribution in [1.82, 2.24) is 0 Å². The Balaban J connectivity index is -0.00000220. The van der Waals surface area contributed by atoms with Crippen LogP contribution in [-0.4, -0.2) is 65.5 Å². The van der Waals surface area contributed by atoms with E-state index in [1.54, 1.807) is 0 Å². The molecule has 0 saturated heterocycles. The predicted octanol–water partition coefficient (Wildman–Crippen LogP) is -4.21. The number of carbonyl (C=O) groups excluding carboxylic acids is 2. The quantitative estimate of drug-likeness (QED) is 0.193. The molecule has 0 saturated carbocycles. The third-order valence-electron chi connectivity index (χ3n) is 2.11. The summed E-state index contributed by atoms with van der Waals surface area (Å²) in [5.41, 5.74) is 0. The number of carboxylic acid groups (broad SMARTS) is 2. The molecule has 0 aromatic carbocycles. The van der Waals surface area contributed by atoms with Gasteiger partial charge in [-0.2, -0.15) is 8.42 Å².